The molecular weight excluding hydrogens is 158 g/mol. The van der Waals surface area contributed by atoms with Gasteiger partial charge in [-0.2, -0.15) is 0 Å². The van der Waals surface area contributed by atoms with Gasteiger partial charge in [-0.3, -0.25) is 0 Å². The third kappa shape index (κ3) is 1.32. The van der Waals surface area contributed by atoms with E-state index in [0.717, 1.165) is 13.0 Å². The van der Waals surface area contributed by atoms with Crippen molar-refractivity contribution in [1.29, 1.82) is 0 Å². The predicted molar refractivity (Wildman–Crippen MR) is 57.2 cm³/mol. The Hall–Kier alpha value is -0.980. The van der Waals surface area contributed by atoms with Gasteiger partial charge in [-0.25, -0.2) is 0 Å². The van der Waals surface area contributed by atoms with E-state index < -0.39 is 0 Å². The number of nitrogens with one attached hydrogen (secondary N) is 1. The molecule has 0 saturated carbocycles. The summed E-state index contributed by atoms with van der Waals surface area (Å²) in [4.78, 5) is 0. The molecule has 0 bridgehead atoms. The maximum Gasteiger partial charge on any atom is 0.0381 e. The van der Waals surface area contributed by atoms with Crippen molar-refractivity contribution in [2.24, 2.45) is 0 Å². The van der Waals surface area contributed by atoms with Crippen LogP contribution in [0.2, 0.25) is 0 Å². The summed E-state index contributed by atoms with van der Waals surface area (Å²) in [7, 11) is 0. The second-order valence-electron chi connectivity index (χ2n) is 3.82. The minimum absolute atomic E-state index is 1.08. The zero-order valence-electron chi connectivity index (χ0n) is 8.57. The molecule has 0 spiro atoms. The number of aryl methyl sites for hydroxylation is 1. The normalized spacial score (nSPS) is 15.0. The second kappa shape index (κ2) is 3.06. The van der Waals surface area contributed by atoms with Crippen molar-refractivity contribution in [3.05, 3.63) is 34.7 Å². The summed E-state index contributed by atoms with van der Waals surface area (Å²) in [6, 6.07) is 2.26. The van der Waals surface area contributed by atoms with Crippen LogP contribution < -0.4 is 5.32 Å². The molecule has 0 saturated heterocycles. The van der Waals surface area contributed by atoms with Crippen LogP contribution >= 0.6 is 0 Å². The highest BCUT2D eigenvalue weighted by Crippen LogP contribution is 2.30. The average Bonchev–Trinajstić information content (AvgIpc) is 2.15. The van der Waals surface area contributed by atoms with Gasteiger partial charge in [0.2, 0.25) is 0 Å². The van der Waals surface area contributed by atoms with Crippen molar-refractivity contribution >= 4 is 5.69 Å². The molecule has 0 amide bonds. The standard InChI is InChI=1S/C12H16N/c1-8-7-12-11(5-4-6-13-12)10(3)9(8)2/h5,7,13H,4,6H2,1-3H3. The number of hydrogen-bond donors (Lipinski definition) is 1. The van der Waals surface area contributed by atoms with Gasteiger partial charge >= 0.3 is 0 Å². The lowest BCUT2D eigenvalue weighted by atomic mass is 9.92. The second-order valence-corrected chi connectivity index (χ2v) is 3.82. The largest absolute Gasteiger partial charge is 0.385 e. The molecule has 1 N–H and O–H groups in total. The minimum Gasteiger partial charge on any atom is -0.385 e. The first-order valence-corrected chi connectivity index (χ1v) is 4.88. The molecule has 1 aliphatic rings. The van der Waals surface area contributed by atoms with Crippen molar-refractivity contribution in [2.75, 3.05) is 11.9 Å². The number of hydrogen-bond acceptors (Lipinski definition) is 1. The third-order valence-electron chi connectivity index (χ3n) is 3.02. The van der Waals surface area contributed by atoms with Crippen molar-refractivity contribution in [3.8, 4) is 0 Å². The molecule has 69 valence electrons. The van der Waals surface area contributed by atoms with Crippen molar-refractivity contribution in [2.45, 2.75) is 27.2 Å². The number of rotatable bonds is 0. The van der Waals surface area contributed by atoms with E-state index in [-0.39, 0.29) is 0 Å². The van der Waals surface area contributed by atoms with Crippen molar-refractivity contribution in [3.63, 3.8) is 0 Å². The van der Waals surface area contributed by atoms with Gasteiger partial charge in [0.25, 0.3) is 0 Å². The molecule has 0 aromatic heterocycles. The fourth-order valence-electron chi connectivity index (χ4n) is 1.93. The molecule has 1 aliphatic heterocycles. The smallest absolute Gasteiger partial charge is 0.0381 e. The molecule has 0 atom stereocenters. The van der Waals surface area contributed by atoms with E-state index >= 15 is 0 Å². The molecule has 1 heteroatoms. The van der Waals surface area contributed by atoms with E-state index in [4.69, 9.17) is 0 Å². The summed E-state index contributed by atoms with van der Waals surface area (Å²) in [6.45, 7) is 7.67. The van der Waals surface area contributed by atoms with Crippen LogP contribution in [-0.2, 0) is 0 Å². The number of anilines is 1. The first-order valence-electron chi connectivity index (χ1n) is 4.88. The Balaban J connectivity index is 2.60. The van der Waals surface area contributed by atoms with Crippen molar-refractivity contribution < 1.29 is 0 Å². The Labute approximate surface area is 80.2 Å². The van der Waals surface area contributed by atoms with Crippen LogP contribution in [-0.4, -0.2) is 6.54 Å². The molecule has 1 aromatic carbocycles. The van der Waals surface area contributed by atoms with Crippen LogP contribution in [0.25, 0.3) is 0 Å². The Kier molecular flexibility index (Phi) is 2.03. The highest BCUT2D eigenvalue weighted by Gasteiger charge is 2.13. The first-order chi connectivity index (χ1) is 6.20. The Bertz CT molecular complexity index is 339. The molecule has 1 heterocycles. The minimum atomic E-state index is 1.08. The van der Waals surface area contributed by atoms with E-state index in [0.29, 0.717) is 0 Å². The van der Waals surface area contributed by atoms with Gasteiger partial charge < -0.3 is 5.32 Å². The lowest BCUT2D eigenvalue weighted by molar-refractivity contribution is 0.960. The molecule has 0 unspecified atom stereocenters. The van der Waals surface area contributed by atoms with Crippen LogP contribution in [0, 0.1) is 27.2 Å². The van der Waals surface area contributed by atoms with E-state index in [1.165, 1.54) is 27.9 Å². The highest BCUT2D eigenvalue weighted by atomic mass is 14.9. The average molecular weight is 174 g/mol. The van der Waals surface area contributed by atoms with Crippen LogP contribution in [0.3, 0.4) is 0 Å². The summed E-state index contributed by atoms with van der Waals surface area (Å²) in [5.74, 6) is 0. The summed E-state index contributed by atoms with van der Waals surface area (Å²) >= 11 is 0. The number of benzene rings is 1. The van der Waals surface area contributed by atoms with E-state index in [2.05, 4.69) is 38.6 Å². The summed E-state index contributed by atoms with van der Waals surface area (Å²) < 4.78 is 0. The van der Waals surface area contributed by atoms with Gasteiger partial charge in [0.05, 0.1) is 0 Å². The summed E-state index contributed by atoms with van der Waals surface area (Å²) in [6.07, 6.45) is 3.49. The Morgan fingerprint density at radius 3 is 2.69 bits per heavy atom. The SMILES string of the molecule is Cc1cc2c(c(C)c1C)[CH]CCN2. The summed E-state index contributed by atoms with van der Waals surface area (Å²) in [5, 5.41) is 3.44. The molecular formula is C12H16N. The molecule has 0 fully saturated rings. The lowest BCUT2D eigenvalue weighted by Gasteiger charge is -2.22. The zero-order valence-corrected chi connectivity index (χ0v) is 8.57. The number of fused-ring (bicyclic) bond motifs is 1. The Morgan fingerprint density at radius 1 is 1.15 bits per heavy atom. The maximum atomic E-state index is 3.44. The topological polar surface area (TPSA) is 12.0 Å². The van der Waals surface area contributed by atoms with Gasteiger partial charge in [-0.1, -0.05) is 0 Å². The van der Waals surface area contributed by atoms with Gasteiger partial charge in [0, 0.05) is 12.2 Å². The fraction of sp³-hybridized carbons (Fsp3) is 0.417. The molecule has 1 aromatic rings. The van der Waals surface area contributed by atoms with Gasteiger partial charge in [-0.05, 0) is 61.9 Å². The molecule has 2 rings (SSSR count). The predicted octanol–water partition coefficient (Wildman–Crippen LogP) is 2.98. The monoisotopic (exact) mass is 174 g/mol. The van der Waals surface area contributed by atoms with Crippen LogP contribution in [0.1, 0.15) is 28.7 Å². The zero-order chi connectivity index (χ0) is 9.42. The van der Waals surface area contributed by atoms with E-state index in [9.17, 15) is 0 Å². The summed E-state index contributed by atoms with van der Waals surface area (Å²) in [5.41, 5.74) is 6.97. The molecule has 13 heavy (non-hydrogen) atoms. The highest BCUT2D eigenvalue weighted by molar-refractivity contribution is 5.63. The third-order valence-corrected chi connectivity index (χ3v) is 3.02. The lowest BCUT2D eigenvalue weighted by Crippen LogP contribution is -2.12. The van der Waals surface area contributed by atoms with Crippen LogP contribution in [0.4, 0.5) is 5.69 Å². The first kappa shape index (κ1) is 8.61. The van der Waals surface area contributed by atoms with E-state index in [1.54, 1.807) is 0 Å². The quantitative estimate of drug-likeness (QED) is 0.637. The fourth-order valence-corrected chi connectivity index (χ4v) is 1.93. The maximum absolute atomic E-state index is 3.44. The van der Waals surface area contributed by atoms with Gasteiger partial charge in [0.1, 0.15) is 0 Å². The molecule has 0 aliphatic carbocycles. The van der Waals surface area contributed by atoms with Crippen LogP contribution in [0.5, 0.6) is 0 Å². The van der Waals surface area contributed by atoms with Crippen LogP contribution in [0.15, 0.2) is 6.07 Å². The Morgan fingerprint density at radius 2 is 1.92 bits per heavy atom. The van der Waals surface area contributed by atoms with Gasteiger partial charge in [0.15, 0.2) is 0 Å². The van der Waals surface area contributed by atoms with Crippen molar-refractivity contribution in [1.82, 2.24) is 0 Å². The molecule has 1 nitrogen and oxygen atoms in total. The van der Waals surface area contributed by atoms with Gasteiger partial charge in [-0.15, -0.1) is 0 Å². The van der Waals surface area contributed by atoms with E-state index in [1.807, 2.05) is 0 Å². The molecule has 1 radical (unpaired) electrons.